The Hall–Kier alpha value is -2.90. The average Bonchev–Trinajstić information content (AvgIpc) is 2.98. The molecule has 3 amide bonds. The highest BCUT2D eigenvalue weighted by Crippen LogP contribution is 2.13. The molecule has 1 saturated heterocycles. The van der Waals surface area contributed by atoms with Crippen molar-refractivity contribution in [2.75, 3.05) is 19.7 Å². The van der Waals surface area contributed by atoms with Gasteiger partial charge in [-0.15, -0.1) is 0 Å². The first kappa shape index (κ1) is 17.5. The van der Waals surface area contributed by atoms with Crippen LogP contribution in [0.1, 0.15) is 24.2 Å². The third-order valence-electron chi connectivity index (χ3n) is 3.40. The van der Waals surface area contributed by atoms with Gasteiger partial charge >= 0.3 is 12.0 Å². The van der Waals surface area contributed by atoms with E-state index < -0.39 is 24.0 Å². The van der Waals surface area contributed by atoms with Crippen molar-refractivity contribution < 1.29 is 28.7 Å². The summed E-state index contributed by atoms with van der Waals surface area (Å²) in [5.74, 6) is -0.982. The summed E-state index contributed by atoms with van der Waals surface area (Å²) in [6.07, 6.45) is -1.08. The lowest BCUT2D eigenvalue weighted by atomic mass is 10.1. The van der Waals surface area contributed by atoms with Gasteiger partial charge in [-0.25, -0.2) is 9.59 Å². The van der Waals surface area contributed by atoms with Gasteiger partial charge in [0.1, 0.15) is 5.75 Å². The van der Waals surface area contributed by atoms with E-state index in [9.17, 15) is 19.2 Å². The normalized spacial score (nSPS) is 14.8. The Labute approximate surface area is 138 Å². The molecular weight excluding hydrogens is 316 g/mol. The number of rotatable bonds is 6. The predicted molar refractivity (Wildman–Crippen MR) is 82.6 cm³/mol. The quantitative estimate of drug-likeness (QED) is 0.608. The van der Waals surface area contributed by atoms with Crippen molar-refractivity contribution in [3.8, 4) is 5.75 Å². The molecule has 1 aliphatic rings. The SMILES string of the molecule is CC(=O)c1ccc(OCC(=O)O[C@@H](C)C(=O)N2CCNC2=O)cc1. The molecule has 2 rings (SSSR count). The number of Topliss-reactive ketones (excluding diaryl/α,β-unsaturated/α-hetero) is 1. The molecule has 1 fully saturated rings. The van der Waals surface area contributed by atoms with Gasteiger partial charge in [0, 0.05) is 18.7 Å². The number of ketones is 1. The van der Waals surface area contributed by atoms with E-state index in [0.29, 0.717) is 17.9 Å². The van der Waals surface area contributed by atoms with Crippen LogP contribution in [-0.2, 0) is 14.3 Å². The minimum Gasteiger partial charge on any atom is -0.482 e. The Kier molecular flexibility index (Phi) is 5.51. The van der Waals surface area contributed by atoms with E-state index >= 15 is 0 Å². The zero-order valence-electron chi connectivity index (χ0n) is 13.4. The van der Waals surface area contributed by atoms with Crippen LogP contribution in [-0.4, -0.2) is 54.4 Å². The Morgan fingerprint density at radius 1 is 1.25 bits per heavy atom. The number of carbonyl (C=O) groups excluding carboxylic acids is 4. The fraction of sp³-hybridized carbons (Fsp3) is 0.375. The highest BCUT2D eigenvalue weighted by molar-refractivity contribution is 5.98. The molecule has 1 heterocycles. The number of carbonyl (C=O) groups is 4. The van der Waals surface area contributed by atoms with Crippen LogP contribution in [0.2, 0.25) is 0 Å². The summed E-state index contributed by atoms with van der Waals surface area (Å²) in [7, 11) is 0. The average molecular weight is 334 g/mol. The smallest absolute Gasteiger partial charge is 0.344 e. The van der Waals surface area contributed by atoms with Gasteiger partial charge in [0.25, 0.3) is 5.91 Å². The van der Waals surface area contributed by atoms with Crippen molar-refractivity contribution in [2.24, 2.45) is 0 Å². The largest absolute Gasteiger partial charge is 0.482 e. The highest BCUT2D eigenvalue weighted by atomic mass is 16.6. The lowest BCUT2D eigenvalue weighted by molar-refractivity contribution is -0.159. The maximum absolute atomic E-state index is 12.0. The van der Waals surface area contributed by atoms with Crippen molar-refractivity contribution in [1.29, 1.82) is 0 Å². The van der Waals surface area contributed by atoms with Crippen LogP contribution in [0, 0.1) is 0 Å². The molecule has 1 atom stereocenters. The van der Waals surface area contributed by atoms with Crippen LogP contribution in [0.5, 0.6) is 5.75 Å². The van der Waals surface area contributed by atoms with Gasteiger partial charge < -0.3 is 14.8 Å². The van der Waals surface area contributed by atoms with E-state index in [4.69, 9.17) is 9.47 Å². The van der Waals surface area contributed by atoms with E-state index in [1.165, 1.54) is 13.8 Å². The minimum atomic E-state index is -1.08. The number of nitrogens with one attached hydrogen (secondary N) is 1. The summed E-state index contributed by atoms with van der Waals surface area (Å²) >= 11 is 0. The van der Waals surface area contributed by atoms with Crippen molar-refractivity contribution in [1.82, 2.24) is 10.2 Å². The monoisotopic (exact) mass is 334 g/mol. The summed E-state index contributed by atoms with van der Waals surface area (Å²) in [4.78, 5) is 47.3. The first-order valence-electron chi connectivity index (χ1n) is 7.41. The predicted octanol–water partition coefficient (Wildman–Crippen LogP) is 0.751. The van der Waals surface area contributed by atoms with Crippen molar-refractivity contribution >= 4 is 23.7 Å². The van der Waals surface area contributed by atoms with Gasteiger partial charge in [0.15, 0.2) is 18.5 Å². The molecule has 128 valence electrons. The zero-order valence-corrected chi connectivity index (χ0v) is 13.4. The Morgan fingerprint density at radius 2 is 1.92 bits per heavy atom. The van der Waals surface area contributed by atoms with E-state index in [0.717, 1.165) is 4.90 Å². The minimum absolute atomic E-state index is 0.0701. The number of benzene rings is 1. The molecule has 0 radical (unpaired) electrons. The third kappa shape index (κ3) is 4.31. The number of hydrogen-bond acceptors (Lipinski definition) is 6. The fourth-order valence-electron chi connectivity index (χ4n) is 2.11. The summed E-state index contributed by atoms with van der Waals surface area (Å²) < 4.78 is 10.2. The van der Waals surface area contributed by atoms with E-state index in [-0.39, 0.29) is 18.9 Å². The van der Waals surface area contributed by atoms with Gasteiger partial charge in [-0.3, -0.25) is 14.5 Å². The van der Waals surface area contributed by atoms with Crippen LogP contribution in [0.4, 0.5) is 4.79 Å². The molecule has 0 saturated carbocycles. The topological polar surface area (TPSA) is 102 Å². The molecule has 8 heteroatoms. The Balaban J connectivity index is 1.81. The molecule has 1 N–H and O–H groups in total. The molecule has 1 aliphatic heterocycles. The van der Waals surface area contributed by atoms with E-state index in [1.807, 2.05) is 0 Å². The second-order valence-corrected chi connectivity index (χ2v) is 5.22. The molecule has 1 aromatic rings. The Morgan fingerprint density at radius 3 is 2.46 bits per heavy atom. The van der Waals surface area contributed by atoms with Crippen molar-refractivity contribution in [3.63, 3.8) is 0 Å². The molecule has 0 aromatic heterocycles. The fourth-order valence-corrected chi connectivity index (χ4v) is 2.11. The zero-order chi connectivity index (χ0) is 17.7. The van der Waals surface area contributed by atoms with Crippen LogP contribution in [0.15, 0.2) is 24.3 Å². The molecule has 24 heavy (non-hydrogen) atoms. The summed E-state index contributed by atoms with van der Waals surface area (Å²) in [6, 6.07) is 5.80. The second kappa shape index (κ2) is 7.58. The number of urea groups is 1. The van der Waals surface area contributed by atoms with Crippen LogP contribution < -0.4 is 10.1 Å². The molecule has 0 bridgehead atoms. The lowest BCUT2D eigenvalue weighted by Gasteiger charge is -2.18. The van der Waals surface area contributed by atoms with Crippen molar-refractivity contribution in [2.45, 2.75) is 20.0 Å². The number of nitrogens with zero attached hydrogens (tertiary/aromatic N) is 1. The third-order valence-corrected chi connectivity index (χ3v) is 3.40. The first-order valence-corrected chi connectivity index (χ1v) is 7.41. The van der Waals surface area contributed by atoms with E-state index in [2.05, 4.69) is 5.32 Å². The van der Waals surface area contributed by atoms with E-state index in [1.54, 1.807) is 24.3 Å². The first-order chi connectivity index (χ1) is 11.4. The molecule has 0 spiro atoms. The van der Waals surface area contributed by atoms with Crippen LogP contribution in [0.3, 0.4) is 0 Å². The molecule has 0 aliphatic carbocycles. The van der Waals surface area contributed by atoms with Crippen molar-refractivity contribution in [3.05, 3.63) is 29.8 Å². The number of esters is 1. The molecule has 0 unspecified atom stereocenters. The maximum Gasteiger partial charge on any atom is 0.344 e. The standard InChI is InChI=1S/C16H18N2O6/c1-10(19)12-3-5-13(6-4-12)23-9-14(20)24-11(2)15(21)18-8-7-17-16(18)22/h3-6,11H,7-9H2,1-2H3,(H,17,22)/t11-/m0/s1. The second-order valence-electron chi connectivity index (χ2n) is 5.22. The van der Waals surface area contributed by atoms with Gasteiger partial charge in [-0.2, -0.15) is 0 Å². The lowest BCUT2D eigenvalue weighted by Crippen LogP contribution is -2.42. The number of hydrogen-bond donors (Lipinski definition) is 1. The summed E-state index contributed by atoms with van der Waals surface area (Å²) in [5, 5.41) is 2.49. The number of amides is 3. The summed E-state index contributed by atoms with van der Waals surface area (Å²) in [5.41, 5.74) is 0.535. The van der Waals surface area contributed by atoms with Gasteiger partial charge in [0.05, 0.1) is 0 Å². The number of ether oxygens (including phenoxy) is 2. The van der Waals surface area contributed by atoms with Gasteiger partial charge in [-0.05, 0) is 38.1 Å². The van der Waals surface area contributed by atoms with Crippen LogP contribution >= 0.6 is 0 Å². The van der Waals surface area contributed by atoms with Crippen LogP contribution in [0.25, 0.3) is 0 Å². The van der Waals surface area contributed by atoms with Gasteiger partial charge in [-0.1, -0.05) is 0 Å². The maximum atomic E-state index is 12.0. The highest BCUT2D eigenvalue weighted by Gasteiger charge is 2.31. The van der Waals surface area contributed by atoms with Gasteiger partial charge in [0.2, 0.25) is 0 Å². The molecule has 1 aromatic carbocycles. The molecule has 8 nitrogen and oxygen atoms in total. The molecular formula is C16H18N2O6. The number of imide groups is 1. The summed E-state index contributed by atoms with van der Waals surface area (Å²) in [6.45, 7) is 3.09. The Bertz CT molecular complexity index is 655.